The highest BCUT2D eigenvalue weighted by atomic mass is 16.7. The molecule has 3 rings (SSSR count). The van der Waals surface area contributed by atoms with Gasteiger partial charge in [0.05, 0.1) is 13.0 Å². The largest absolute Gasteiger partial charge is 0.457 e. The van der Waals surface area contributed by atoms with Crippen LogP contribution in [0.2, 0.25) is 0 Å². The molecule has 1 unspecified atom stereocenters. The Labute approximate surface area is 123 Å². The second kappa shape index (κ2) is 6.41. The summed E-state index contributed by atoms with van der Waals surface area (Å²) in [6, 6.07) is 17.3. The summed E-state index contributed by atoms with van der Waals surface area (Å²) in [5.74, 6) is 1.35. The van der Waals surface area contributed by atoms with Crippen molar-refractivity contribution in [3.63, 3.8) is 0 Å². The van der Waals surface area contributed by atoms with Gasteiger partial charge in [-0.05, 0) is 29.8 Å². The zero-order valence-corrected chi connectivity index (χ0v) is 11.5. The van der Waals surface area contributed by atoms with Crippen LogP contribution in [0, 0.1) is 0 Å². The van der Waals surface area contributed by atoms with E-state index in [0.717, 1.165) is 17.1 Å². The van der Waals surface area contributed by atoms with Crippen molar-refractivity contribution in [2.45, 2.75) is 25.7 Å². The van der Waals surface area contributed by atoms with Crippen molar-refractivity contribution < 1.29 is 19.0 Å². The lowest BCUT2D eigenvalue weighted by Gasteiger charge is -2.11. The molecule has 4 heteroatoms. The number of esters is 1. The summed E-state index contributed by atoms with van der Waals surface area (Å²) in [6.07, 6.45) is 0.636. The summed E-state index contributed by atoms with van der Waals surface area (Å²) in [7, 11) is 0. The van der Waals surface area contributed by atoms with Crippen LogP contribution in [0.3, 0.4) is 0 Å². The van der Waals surface area contributed by atoms with Gasteiger partial charge in [0.15, 0.2) is 0 Å². The number of rotatable bonds is 5. The second-order valence-corrected chi connectivity index (χ2v) is 4.83. The van der Waals surface area contributed by atoms with E-state index in [-0.39, 0.29) is 5.97 Å². The Morgan fingerprint density at radius 1 is 1.05 bits per heavy atom. The standard InChI is InChI=1S/C17H16O4/c18-16-9-10-17(21-16)19-12-13-5-4-8-15(11-13)20-14-6-2-1-3-7-14/h1-8,11,17H,9-10,12H2. The number of hydrogen-bond acceptors (Lipinski definition) is 4. The minimum Gasteiger partial charge on any atom is -0.457 e. The number of para-hydroxylation sites is 1. The fourth-order valence-corrected chi connectivity index (χ4v) is 2.13. The number of ether oxygens (including phenoxy) is 3. The van der Waals surface area contributed by atoms with Gasteiger partial charge in [-0.2, -0.15) is 0 Å². The fraction of sp³-hybridized carbons (Fsp3) is 0.235. The molecule has 1 atom stereocenters. The van der Waals surface area contributed by atoms with E-state index in [0.29, 0.717) is 19.4 Å². The highest BCUT2D eigenvalue weighted by molar-refractivity contribution is 5.71. The Bertz CT molecular complexity index is 609. The topological polar surface area (TPSA) is 44.8 Å². The van der Waals surface area contributed by atoms with E-state index < -0.39 is 6.29 Å². The van der Waals surface area contributed by atoms with Crippen molar-refractivity contribution in [3.05, 3.63) is 60.2 Å². The molecule has 1 saturated heterocycles. The summed E-state index contributed by atoms with van der Waals surface area (Å²) in [5, 5.41) is 0. The van der Waals surface area contributed by atoms with Crippen LogP contribution >= 0.6 is 0 Å². The molecule has 1 aliphatic heterocycles. The van der Waals surface area contributed by atoms with Gasteiger partial charge in [0.1, 0.15) is 11.5 Å². The molecule has 1 heterocycles. The molecule has 0 bridgehead atoms. The normalized spacial score (nSPS) is 17.5. The minimum absolute atomic E-state index is 0.193. The third-order valence-electron chi connectivity index (χ3n) is 3.16. The lowest BCUT2D eigenvalue weighted by atomic mass is 10.2. The predicted molar refractivity (Wildman–Crippen MR) is 76.9 cm³/mol. The minimum atomic E-state index is -0.420. The van der Waals surface area contributed by atoms with Crippen molar-refractivity contribution >= 4 is 5.97 Å². The Kier molecular flexibility index (Phi) is 4.17. The third-order valence-corrected chi connectivity index (χ3v) is 3.16. The van der Waals surface area contributed by atoms with Crippen LogP contribution in [-0.2, 0) is 20.9 Å². The smallest absolute Gasteiger partial charge is 0.308 e. The Balaban J connectivity index is 1.59. The Morgan fingerprint density at radius 3 is 2.62 bits per heavy atom. The van der Waals surface area contributed by atoms with Gasteiger partial charge in [-0.3, -0.25) is 4.79 Å². The average molecular weight is 284 g/mol. The first kappa shape index (κ1) is 13.6. The lowest BCUT2D eigenvalue weighted by molar-refractivity contribution is -0.164. The first-order valence-electron chi connectivity index (χ1n) is 6.92. The number of hydrogen-bond donors (Lipinski definition) is 0. The summed E-state index contributed by atoms with van der Waals surface area (Å²) >= 11 is 0. The first-order chi connectivity index (χ1) is 10.3. The molecule has 1 fully saturated rings. The maximum absolute atomic E-state index is 11.0. The van der Waals surface area contributed by atoms with E-state index in [4.69, 9.17) is 14.2 Å². The zero-order chi connectivity index (χ0) is 14.5. The van der Waals surface area contributed by atoms with Gasteiger partial charge in [0.2, 0.25) is 6.29 Å². The molecular weight excluding hydrogens is 268 g/mol. The highest BCUT2D eigenvalue weighted by Crippen LogP contribution is 2.23. The number of carbonyl (C=O) groups excluding carboxylic acids is 1. The monoisotopic (exact) mass is 284 g/mol. The van der Waals surface area contributed by atoms with Crippen LogP contribution in [0.25, 0.3) is 0 Å². The molecule has 1 aliphatic rings. The second-order valence-electron chi connectivity index (χ2n) is 4.83. The molecule has 0 amide bonds. The van der Waals surface area contributed by atoms with Gasteiger partial charge in [-0.25, -0.2) is 0 Å². The SMILES string of the molecule is O=C1CCC(OCc2cccc(Oc3ccccc3)c2)O1. The van der Waals surface area contributed by atoms with Crippen LogP contribution in [0.15, 0.2) is 54.6 Å². The van der Waals surface area contributed by atoms with E-state index in [1.807, 2.05) is 54.6 Å². The fourth-order valence-electron chi connectivity index (χ4n) is 2.13. The quantitative estimate of drug-likeness (QED) is 0.786. The molecule has 4 nitrogen and oxygen atoms in total. The van der Waals surface area contributed by atoms with Crippen LogP contribution in [0.4, 0.5) is 0 Å². The third kappa shape index (κ3) is 3.83. The summed E-state index contributed by atoms with van der Waals surface area (Å²) in [5.41, 5.74) is 0.978. The van der Waals surface area contributed by atoms with Gasteiger partial charge in [-0.1, -0.05) is 30.3 Å². The zero-order valence-electron chi connectivity index (χ0n) is 11.5. The molecule has 0 aliphatic carbocycles. The first-order valence-corrected chi connectivity index (χ1v) is 6.92. The molecule has 21 heavy (non-hydrogen) atoms. The van der Waals surface area contributed by atoms with Crippen LogP contribution in [-0.4, -0.2) is 12.3 Å². The van der Waals surface area contributed by atoms with Crippen LogP contribution < -0.4 is 4.74 Å². The number of benzene rings is 2. The maximum Gasteiger partial charge on any atom is 0.308 e. The van der Waals surface area contributed by atoms with E-state index in [2.05, 4.69) is 0 Å². The molecule has 0 aromatic heterocycles. The summed E-state index contributed by atoms with van der Waals surface area (Å²) < 4.78 is 16.3. The van der Waals surface area contributed by atoms with E-state index in [9.17, 15) is 4.79 Å². The van der Waals surface area contributed by atoms with E-state index in [1.165, 1.54) is 0 Å². The lowest BCUT2D eigenvalue weighted by Crippen LogP contribution is -2.11. The summed E-state index contributed by atoms with van der Waals surface area (Å²) in [4.78, 5) is 11.0. The van der Waals surface area contributed by atoms with Gasteiger partial charge in [0.25, 0.3) is 0 Å². The Morgan fingerprint density at radius 2 is 1.86 bits per heavy atom. The van der Waals surface area contributed by atoms with Crippen molar-refractivity contribution in [1.82, 2.24) is 0 Å². The molecule has 0 radical (unpaired) electrons. The van der Waals surface area contributed by atoms with Crippen LogP contribution in [0.1, 0.15) is 18.4 Å². The molecule has 2 aromatic carbocycles. The molecule has 0 spiro atoms. The predicted octanol–water partition coefficient (Wildman–Crippen LogP) is 3.66. The van der Waals surface area contributed by atoms with Crippen molar-refractivity contribution in [3.8, 4) is 11.5 Å². The van der Waals surface area contributed by atoms with Crippen LogP contribution in [0.5, 0.6) is 11.5 Å². The van der Waals surface area contributed by atoms with Gasteiger partial charge in [0, 0.05) is 6.42 Å². The molecular formula is C17H16O4. The molecule has 0 N–H and O–H groups in total. The van der Waals surface area contributed by atoms with Crippen molar-refractivity contribution in [1.29, 1.82) is 0 Å². The van der Waals surface area contributed by atoms with Gasteiger partial charge < -0.3 is 14.2 Å². The highest BCUT2D eigenvalue weighted by Gasteiger charge is 2.23. The number of carbonyl (C=O) groups is 1. The van der Waals surface area contributed by atoms with Gasteiger partial charge in [-0.15, -0.1) is 0 Å². The Hall–Kier alpha value is -2.33. The van der Waals surface area contributed by atoms with E-state index >= 15 is 0 Å². The summed E-state index contributed by atoms with van der Waals surface area (Å²) in [6.45, 7) is 0.393. The van der Waals surface area contributed by atoms with Crippen molar-refractivity contribution in [2.24, 2.45) is 0 Å². The molecule has 0 saturated carbocycles. The average Bonchev–Trinajstić information content (AvgIpc) is 2.92. The van der Waals surface area contributed by atoms with E-state index in [1.54, 1.807) is 0 Å². The maximum atomic E-state index is 11.0. The molecule has 2 aromatic rings. The van der Waals surface area contributed by atoms with Crippen molar-refractivity contribution in [2.75, 3.05) is 0 Å². The van der Waals surface area contributed by atoms with Gasteiger partial charge >= 0.3 is 5.97 Å². The number of cyclic esters (lactones) is 1. The molecule has 108 valence electrons.